The van der Waals surface area contributed by atoms with Crippen LogP contribution in [0.25, 0.3) is 0 Å². The second-order valence-electron chi connectivity index (χ2n) is 5.22. The van der Waals surface area contributed by atoms with E-state index in [1.807, 2.05) is 32.0 Å². The predicted molar refractivity (Wildman–Crippen MR) is 81.0 cm³/mol. The molecule has 5 heteroatoms. The number of aryl methyl sites for hydroxylation is 1. The maximum absolute atomic E-state index is 12.9. The van der Waals surface area contributed by atoms with E-state index in [4.69, 9.17) is 0 Å². The lowest BCUT2D eigenvalue weighted by Crippen LogP contribution is -2.45. The fourth-order valence-electron chi connectivity index (χ4n) is 2.77. The van der Waals surface area contributed by atoms with Crippen molar-refractivity contribution in [1.29, 1.82) is 0 Å². The smallest absolute Gasteiger partial charge is 0.240 e. The van der Waals surface area contributed by atoms with Crippen LogP contribution in [0.4, 0.5) is 8.78 Å². The van der Waals surface area contributed by atoms with Gasteiger partial charge in [-0.1, -0.05) is 18.2 Å². The third-order valence-corrected chi connectivity index (χ3v) is 4.00. The van der Waals surface area contributed by atoms with Gasteiger partial charge in [0.05, 0.1) is 0 Å². The predicted octanol–water partition coefficient (Wildman–Crippen LogP) is 3.33. The van der Waals surface area contributed by atoms with Gasteiger partial charge in [0.2, 0.25) is 6.43 Å². The molecule has 1 fully saturated rings. The lowest BCUT2D eigenvalue weighted by molar-refractivity contribution is 0.0736. The highest BCUT2D eigenvalue weighted by atomic mass is 35.5. The van der Waals surface area contributed by atoms with Crippen LogP contribution in [0.5, 0.6) is 0 Å². The molecule has 0 spiro atoms. The van der Waals surface area contributed by atoms with Crippen LogP contribution >= 0.6 is 12.4 Å². The van der Waals surface area contributed by atoms with Crippen LogP contribution in [0.3, 0.4) is 0 Å². The molecule has 0 aliphatic carbocycles. The first kappa shape index (κ1) is 17.3. The average Bonchev–Trinajstić information content (AvgIpc) is 2.40. The van der Waals surface area contributed by atoms with E-state index in [9.17, 15) is 8.78 Å². The minimum absolute atomic E-state index is 0. The van der Waals surface area contributed by atoms with Gasteiger partial charge in [0.25, 0.3) is 0 Å². The van der Waals surface area contributed by atoms with Crippen LogP contribution in [0.1, 0.15) is 29.2 Å². The summed E-state index contributed by atoms with van der Waals surface area (Å²) in [5.74, 6) is 0. The van der Waals surface area contributed by atoms with E-state index in [-0.39, 0.29) is 24.9 Å². The van der Waals surface area contributed by atoms with Crippen LogP contribution in [0.15, 0.2) is 18.2 Å². The number of rotatable bonds is 4. The Kier molecular flexibility index (Phi) is 6.86. The molecule has 2 nitrogen and oxygen atoms in total. The highest BCUT2D eigenvalue weighted by Crippen LogP contribution is 2.30. The van der Waals surface area contributed by atoms with Crippen molar-refractivity contribution < 1.29 is 8.78 Å². The van der Waals surface area contributed by atoms with Gasteiger partial charge in [-0.05, 0) is 30.5 Å². The minimum atomic E-state index is -2.26. The zero-order chi connectivity index (χ0) is 13.8. The van der Waals surface area contributed by atoms with Crippen molar-refractivity contribution >= 4 is 12.4 Å². The van der Waals surface area contributed by atoms with E-state index in [1.54, 1.807) is 0 Å². The van der Waals surface area contributed by atoms with Gasteiger partial charge in [0.15, 0.2) is 0 Å². The fraction of sp³-hybridized carbons (Fsp3) is 0.600. The molecule has 0 amide bonds. The van der Waals surface area contributed by atoms with Crippen molar-refractivity contribution in [1.82, 2.24) is 10.2 Å². The largest absolute Gasteiger partial charge is 0.314 e. The number of hydrogen-bond acceptors (Lipinski definition) is 2. The molecule has 0 bridgehead atoms. The summed E-state index contributed by atoms with van der Waals surface area (Å²) in [7, 11) is 0. The molecule has 20 heavy (non-hydrogen) atoms. The van der Waals surface area contributed by atoms with Gasteiger partial charge in [-0.3, -0.25) is 4.90 Å². The first-order chi connectivity index (χ1) is 9.09. The minimum Gasteiger partial charge on any atom is -0.314 e. The van der Waals surface area contributed by atoms with Gasteiger partial charge in [-0.15, -0.1) is 12.4 Å². The molecule has 1 aromatic rings. The standard InChI is InChI=1S/C15H22F2N2.ClH/c1-11-4-3-5-13(12(11)2)14(10-15(16)17)19-8-6-18-7-9-19;/h3-5,14-15,18H,6-10H2,1-2H3;1H/t14-;/m0./s1. The van der Waals surface area contributed by atoms with Crippen molar-refractivity contribution in [3.05, 3.63) is 34.9 Å². The molecule has 0 saturated carbocycles. The average molecular weight is 305 g/mol. The SMILES string of the molecule is Cc1cccc([C@H](CC(F)F)N2CCNCC2)c1C.Cl. The Morgan fingerprint density at radius 1 is 1.20 bits per heavy atom. The molecule has 1 atom stereocenters. The Hall–Kier alpha value is -0.710. The van der Waals surface area contributed by atoms with Gasteiger partial charge in [0, 0.05) is 38.6 Å². The summed E-state index contributed by atoms with van der Waals surface area (Å²) in [6, 6.07) is 5.84. The molecule has 0 radical (unpaired) electrons. The third kappa shape index (κ3) is 4.14. The summed E-state index contributed by atoms with van der Waals surface area (Å²) in [5, 5.41) is 3.27. The van der Waals surface area contributed by atoms with Gasteiger partial charge in [-0.25, -0.2) is 8.78 Å². The Bertz CT molecular complexity index is 420. The topological polar surface area (TPSA) is 15.3 Å². The molecule has 1 aliphatic heterocycles. The van der Waals surface area contributed by atoms with Gasteiger partial charge < -0.3 is 5.32 Å². The summed E-state index contributed by atoms with van der Waals surface area (Å²) in [4.78, 5) is 2.18. The lowest BCUT2D eigenvalue weighted by Gasteiger charge is -2.36. The Morgan fingerprint density at radius 3 is 2.45 bits per heavy atom. The Morgan fingerprint density at radius 2 is 1.85 bits per heavy atom. The summed E-state index contributed by atoms with van der Waals surface area (Å²) in [6.45, 7) is 7.51. The van der Waals surface area contributed by atoms with E-state index in [1.165, 1.54) is 5.56 Å². The summed E-state index contributed by atoms with van der Waals surface area (Å²) in [5.41, 5.74) is 3.38. The number of hydrogen-bond donors (Lipinski definition) is 1. The quantitative estimate of drug-likeness (QED) is 0.918. The highest BCUT2D eigenvalue weighted by molar-refractivity contribution is 5.85. The summed E-state index contributed by atoms with van der Waals surface area (Å²) < 4.78 is 25.8. The molecule has 1 aromatic carbocycles. The van der Waals surface area contributed by atoms with Crippen molar-refractivity contribution in [2.75, 3.05) is 26.2 Å². The second-order valence-corrected chi connectivity index (χ2v) is 5.22. The molecule has 0 aromatic heterocycles. The number of alkyl halides is 2. The zero-order valence-corrected chi connectivity index (χ0v) is 12.9. The molecule has 1 saturated heterocycles. The first-order valence-corrected chi connectivity index (χ1v) is 6.88. The van der Waals surface area contributed by atoms with Gasteiger partial charge in [-0.2, -0.15) is 0 Å². The van der Waals surface area contributed by atoms with Crippen LogP contribution in [0, 0.1) is 13.8 Å². The molecule has 1 N–H and O–H groups in total. The van der Waals surface area contributed by atoms with Crippen molar-refractivity contribution in [3.63, 3.8) is 0 Å². The normalized spacial score (nSPS) is 17.9. The second kappa shape index (κ2) is 7.91. The molecule has 0 unspecified atom stereocenters. The molecule has 1 aliphatic rings. The molecular weight excluding hydrogens is 282 g/mol. The Balaban J connectivity index is 0.00000200. The lowest BCUT2D eigenvalue weighted by atomic mass is 9.94. The van der Waals surface area contributed by atoms with Crippen molar-refractivity contribution in [3.8, 4) is 0 Å². The molecule has 114 valence electrons. The van der Waals surface area contributed by atoms with Gasteiger partial charge >= 0.3 is 0 Å². The maximum atomic E-state index is 12.9. The monoisotopic (exact) mass is 304 g/mol. The molecular formula is C15H23ClF2N2. The van der Waals surface area contributed by atoms with Crippen LogP contribution in [-0.2, 0) is 0 Å². The van der Waals surface area contributed by atoms with E-state index >= 15 is 0 Å². The maximum Gasteiger partial charge on any atom is 0.240 e. The van der Waals surface area contributed by atoms with Crippen molar-refractivity contribution in [2.24, 2.45) is 0 Å². The van der Waals surface area contributed by atoms with Crippen molar-refractivity contribution in [2.45, 2.75) is 32.7 Å². The number of nitrogens with one attached hydrogen (secondary N) is 1. The Labute approximate surface area is 126 Å². The highest BCUT2D eigenvalue weighted by Gasteiger charge is 2.26. The zero-order valence-electron chi connectivity index (χ0n) is 12.0. The number of halogens is 3. The summed E-state index contributed by atoms with van der Waals surface area (Å²) >= 11 is 0. The summed E-state index contributed by atoms with van der Waals surface area (Å²) in [6.07, 6.45) is -2.34. The van der Waals surface area contributed by atoms with Gasteiger partial charge in [0.1, 0.15) is 0 Å². The van der Waals surface area contributed by atoms with Crippen LogP contribution < -0.4 is 5.32 Å². The van der Waals surface area contributed by atoms with Crippen LogP contribution in [-0.4, -0.2) is 37.5 Å². The fourth-order valence-corrected chi connectivity index (χ4v) is 2.77. The number of benzene rings is 1. The number of piperazine rings is 1. The van der Waals surface area contributed by atoms with E-state index in [2.05, 4.69) is 10.2 Å². The molecule has 1 heterocycles. The van der Waals surface area contributed by atoms with E-state index < -0.39 is 6.43 Å². The molecule has 2 rings (SSSR count). The number of nitrogens with zero attached hydrogens (tertiary/aromatic N) is 1. The van der Waals surface area contributed by atoms with E-state index in [0.29, 0.717) is 0 Å². The van der Waals surface area contributed by atoms with Crippen LogP contribution in [0.2, 0.25) is 0 Å². The third-order valence-electron chi connectivity index (χ3n) is 4.00. The first-order valence-electron chi connectivity index (χ1n) is 6.88. The van der Waals surface area contributed by atoms with E-state index in [0.717, 1.165) is 37.3 Å².